The van der Waals surface area contributed by atoms with Crippen molar-refractivity contribution in [1.29, 1.82) is 0 Å². The van der Waals surface area contributed by atoms with Gasteiger partial charge in [0, 0.05) is 56.4 Å². The number of rotatable bonds is 8. The summed E-state index contributed by atoms with van der Waals surface area (Å²) in [5.74, 6) is 1.66. The highest BCUT2D eigenvalue weighted by Gasteiger charge is 2.32. The van der Waals surface area contributed by atoms with Crippen LogP contribution in [0.25, 0.3) is 5.69 Å². The summed E-state index contributed by atoms with van der Waals surface area (Å²) in [5, 5.41) is 19.0. The lowest BCUT2D eigenvalue weighted by atomic mass is 10.0. The molecule has 2 atom stereocenters. The van der Waals surface area contributed by atoms with Crippen molar-refractivity contribution in [3.05, 3.63) is 47.3 Å². The molecule has 186 valence electrons. The first-order valence-corrected chi connectivity index (χ1v) is 11.3. The van der Waals surface area contributed by atoms with Crippen LogP contribution >= 0.6 is 0 Å². The van der Waals surface area contributed by atoms with Crippen molar-refractivity contribution < 1.29 is 24.5 Å². The number of hydrogen-bond donors (Lipinski definition) is 2. The van der Waals surface area contributed by atoms with Crippen molar-refractivity contribution in [2.24, 2.45) is 10.9 Å². The first-order valence-electron chi connectivity index (χ1n) is 11.3. The van der Waals surface area contributed by atoms with E-state index in [9.17, 15) is 4.79 Å². The van der Waals surface area contributed by atoms with Gasteiger partial charge in [-0.2, -0.15) is 5.10 Å². The van der Waals surface area contributed by atoms with Gasteiger partial charge in [-0.1, -0.05) is 19.1 Å². The number of ether oxygens (including phenoxy) is 2. The second-order valence-corrected chi connectivity index (χ2v) is 7.88. The van der Waals surface area contributed by atoms with Crippen LogP contribution in [-0.4, -0.2) is 77.7 Å². The largest absolute Gasteiger partial charge is 0.497 e. The molecule has 0 bridgehead atoms. The van der Waals surface area contributed by atoms with Crippen LogP contribution in [0.15, 0.2) is 35.3 Å². The van der Waals surface area contributed by atoms with Gasteiger partial charge in [-0.15, -0.1) is 0 Å². The van der Waals surface area contributed by atoms with E-state index in [4.69, 9.17) is 24.8 Å². The van der Waals surface area contributed by atoms with Crippen molar-refractivity contribution in [3.8, 4) is 17.2 Å². The molecular weight excluding hydrogens is 436 g/mol. The summed E-state index contributed by atoms with van der Waals surface area (Å²) >= 11 is 0. The third-order valence-corrected chi connectivity index (χ3v) is 5.77. The van der Waals surface area contributed by atoms with Gasteiger partial charge in [-0.3, -0.25) is 4.79 Å². The highest BCUT2D eigenvalue weighted by atomic mass is 16.5. The number of aliphatic imine (C=N–C) groups is 1. The molecule has 1 aliphatic heterocycles. The number of aliphatic hydroxyl groups excluding tert-OH is 1. The van der Waals surface area contributed by atoms with Crippen LogP contribution in [-0.2, 0) is 6.42 Å². The lowest BCUT2D eigenvalue weighted by molar-refractivity contribution is 0.0705. The molecule has 0 saturated carbocycles. The maximum absolute atomic E-state index is 13.4. The molecule has 34 heavy (non-hydrogen) atoms. The summed E-state index contributed by atoms with van der Waals surface area (Å²) in [6.07, 6.45) is 7.89. The monoisotopic (exact) mass is 472 g/mol. The molecule has 3 rings (SSSR count). The van der Waals surface area contributed by atoms with Gasteiger partial charge >= 0.3 is 0 Å². The molecule has 2 heterocycles. The number of nitrogens with zero attached hydrogens (tertiary/aromatic N) is 4. The number of carbonyl (C=O) groups is 1. The summed E-state index contributed by atoms with van der Waals surface area (Å²) in [5.41, 5.74) is 3.15. The average Bonchev–Trinajstić information content (AvgIpc) is 3.19. The Morgan fingerprint density at radius 3 is 2.32 bits per heavy atom. The predicted molar refractivity (Wildman–Crippen MR) is 132 cm³/mol. The molecule has 1 aromatic carbocycles. The Kier molecular flexibility index (Phi) is 10.3. The molecule has 2 unspecified atom stereocenters. The fourth-order valence-electron chi connectivity index (χ4n) is 3.93. The van der Waals surface area contributed by atoms with Gasteiger partial charge in [0.2, 0.25) is 0 Å². The van der Waals surface area contributed by atoms with E-state index in [-0.39, 0.29) is 17.9 Å². The summed E-state index contributed by atoms with van der Waals surface area (Å²) in [7, 11) is 5.02. The molecule has 9 heteroatoms. The van der Waals surface area contributed by atoms with Gasteiger partial charge in [0.05, 0.1) is 36.9 Å². The van der Waals surface area contributed by atoms with Gasteiger partial charge in [-0.25, -0.2) is 4.68 Å². The number of amides is 1. The molecule has 0 saturated heterocycles. The Labute approximate surface area is 201 Å². The predicted octanol–water partition coefficient (Wildman–Crippen LogP) is 2.80. The molecular formula is C25H36N4O5. The van der Waals surface area contributed by atoms with E-state index in [0.717, 1.165) is 29.9 Å². The van der Waals surface area contributed by atoms with Crippen LogP contribution in [0.5, 0.6) is 11.5 Å². The maximum Gasteiger partial charge on any atom is 0.258 e. The Morgan fingerprint density at radius 1 is 1.18 bits per heavy atom. The SMILES string of the molecule is CCC(C=CC(C)N1CCc2nn(-c3cc(OC)cc(OC)c3)c(C)c2C1=O)C=NC.OCO. The zero-order chi connectivity index (χ0) is 25.3. The number of aromatic nitrogens is 2. The van der Waals surface area contributed by atoms with Crippen LogP contribution in [0, 0.1) is 12.8 Å². The van der Waals surface area contributed by atoms with Crippen LogP contribution in [0.2, 0.25) is 0 Å². The number of benzene rings is 1. The average molecular weight is 473 g/mol. The van der Waals surface area contributed by atoms with Crippen molar-refractivity contribution in [2.45, 2.75) is 39.7 Å². The quantitative estimate of drug-likeness (QED) is 0.347. The summed E-state index contributed by atoms with van der Waals surface area (Å²) in [6, 6.07) is 5.60. The fraction of sp³-hybridized carbons (Fsp3) is 0.480. The minimum absolute atomic E-state index is 0.000352. The summed E-state index contributed by atoms with van der Waals surface area (Å²) in [4.78, 5) is 19.4. The molecule has 2 aromatic rings. The standard InChI is InChI=1S/C24H32N4O3.CH4O2/c1-7-18(15-25-4)9-8-16(2)27-11-10-22-23(24(27)29)17(3)28(26-22)19-12-20(30-5)14-21(13-19)31-6;2-1-3/h8-9,12-16,18H,7,10-11H2,1-6H3;2-3H,1H2. The van der Waals surface area contributed by atoms with E-state index in [2.05, 4.69) is 31.0 Å². The van der Waals surface area contributed by atoms with Crippen molar-refractivity contribution in [1.82, 2.24) is 14.7 Å². The molecule has 0 aliphatic carbocycles. The number of aliphatic hydroxyl groups is 2. The number of methoxy groups -OCH3 is 2. The minimum Gasteiger partial charge on any atom is -0.497 e. The van der Waals surface area contributed by atoms with Gasteiger partial charge in [0.25, 0.3) is 5.91 Å². The van der Waals surface area contributed by atoms with Gasteiger partial charge in [0.1, 0.15) is 18.3 Å². The maximum atomic E-state index is 13.4. The van der Waals surface area contributed by atoms with Gasteiger partial charge in [-0.05, 0) is 20.3 Å². The van der Waals surface area contributed by atoms with Gasteiger partial charge in [0.15, 0.2) is 0 Å². The zero-order valence-electron chi connectivity index (χ0n) is 20.9. The molecule has 1 amide bonds. The normalized spacial score (nSPS) is 15.2. The summed E-state index contributed by atoms with van der Waals surface area (Å²) < 4.78 is 12.6. The minimum atomic E-state index is -0.750. The van der Waals surface area contributed by atoms with E-state index >= 15 is 0 Å². The highest BCUT2D eigenvalue weighted by Crippen LogP contribution is 2.29. The van der Waals surface area contributed by atoms with Crippen LogP contribution in [0.3, 0.4) is 0 Å². The number of fused-ring (bicyclic) bond motifs is 1. The van der Waals surface area contributed by atoms with Crippen molar-refractivity contribution in [3.63, 3.8) is 0 Å². The van der Waals surface area contributed by atoms with E-state index in [1.165, 1.54) is 0 Å². The smallest absolute Gasteiger partial charge is 0.258 e. The molecule has 9 nitrogen and oxygen atoms in total. The van der Waals surface area contributed by atoms with Gasteiger partial charge < -0.3 is 29.6 Å². The summed E-state index contributed by atoms with van der Waals surface area (Å²) in [6.45, 7) is 6.02. The first kappa shape index (κ1) is 27.1. The van der Waals surface area contributed by atoms with Crippen molar-refractivity contribution in [2.75, 3.05) is 34.6 Å². The van der Waals surface area contributed by atoms with E-state index < -0.39 is 6.79 Å². The molecule has 2 N–H and O–H groups in total. The number of hydrogen-bond acceptors (Lipinski definition) is 7. The molecule has 0 fully saturated rings. The Balaban J connectivity index is 0.00000129. The lowest BCUT2D eigenvalue weighted by Crippen LogP contribution is -2.42. The van der Waals surface area contributed by atoms with Crippen molar-refractivity contribution >= 4 is 12.1 Å². The Morgan fingerprint density at radius 2 is 1.79 bits per heavy atom. The fourth-order valence-corrected chi connectivity index (χ4v) is 3.93. The van der Waals surface area contributed by atoms with Crippen LogP contribution < -0.4 is 9.47 Å². The second kappa shape index (κ2) is 12.9. The molecule has 1 aromatic heterocycles. The topological polar surface area (TPSA) is 109 Å². The van der Waals surface area contributed by atoms with E-state index in [1.807, 2.05) is 40.9 Å². The first-order chi connectivity index (χ1) is 16.3. The lowest BCUT2D eigenvalue weighted by Gasteiger charge is -2.30. The zero-order valence-corrected chi connectivity index (χ0v) is 20.9. The molecule has 1 aliphatic rings. The third kappa shape index (κ3) is 6.24. The van der Waals surface area contributed by atoms with Crippen LogP contribution in [0.1, 0.15) is 42.0 Å². The second-order valence-electron chi connectivity index (χ2n) is 7.88. The van der Waals surface area contributed by atoms with Crippen LogP contribution in [0.4, 0.5) is 0 Å². The third-order valence-electron chi connectivity index (χ3n) is 5.77. The molecule has 0 spiro atoms. The molecule has 0 radical (unpaired) electrons. The van der Waals surface area contributed by atoms with E-state index in [0.29, 0.717) is 23.6 Å². The van der Waals surface area contributed by atoms with E-state index in [1.54, 1.807) is 21.3 Å². The Bertz CT molecular complexity index is 993. The Hall–Kier alpha value is -3.17. The number of carbonyl (C=O) groups excluding carboxylic acids is 1. The number of allylic oxidation sites excluding steroid dienone is 1. The highest BCUT2D eigenvalue weighted by molar-refractivity contribution is 5.98.